The van der Waals surface area contributed by atoms with Gasteiger partial charge in [0, 0.05) is 5.92 Å². The molecule has 0 amide bonds. The minimum atomic E-state index is -2.38. The summed E-state index contributed by atoms with van der Waals surface area (Å²) in [4.78, 5) is 14.2. The fourth-order valence-corrected chi connectivity index (χ4v) is 10.2. The van der Waals surface area contributed by atoms with Crippen LogP contribution in [0.4, 0.5) is 0 Å². The van der Waals surface area contributed by atoms with E-state index in [1.807, 2.05) is 20.8 Å². The Morgan fingerprint density at radius 1 is 0.788 bits per heavy atom. The molecule has 1 heterocycles. The third-order valence-corrected chi connectivity index (χ3v) is 11.2. The van der Waals surface area contributed by atoms with Crippen LogP contribution in [-0.2, 0) is 9.53 Å². The molecule has 4 rings (SSSR count). The van der Waals surface area contributed by atoms with Crippen LogP contribution in [0.2, 0.25) is 0 Å². The summed E-state index contributed by atoms with van der Waals surface area (Å²) in [5.74, 6) is 0.175. The van der Waals surface area contributed by atoms with Crippen molar-refractivity contribution in [3.8, 4) is 0 Å². The number of hydrogen-bond acceptors (Lipinski definition) is 3. The van der Waals surface area contributed by atoms with Gasteiger partial charge in [-0.05, 0) is 83.1 Å². The average Bonchev–Trinajstić information content (AvgIpc) is 2.83. The van der Waals surface area contributed by atoms with Crippen molar-refractivity contribution in [2.75, 3.05) is 13.1 Å². The number of ether oxygens (including phenoxy) is 1. The molecule has 0 aliphatic carbocycles. The molecule has 1 unspecified atom stereocenters. The monoisotopic (exact) mass is 460 g/mol. The lowest BCUT2D eigenvalue weighted by atomic mass is 9.94. The van der Waals surface area contributed by atoms with Crippen molar-refractivity contribution in [1.29, 1.82) is 0 Å². The predicted molar refractivity (Wildman–Crippen MR) is 140 cm³/mol. The van der Waals surface area contributed by atoms with E-state index in [9.17, 15) is 4.79 Å². The third kappa shape index (κ3) is 5.05. The molecule has 1 saturated heterocycles. The maximum Gasteiger partial charge on any atom is 0.349 e. The molecule has 1 aliphatic rings. The quantitative estimate of drug-likeness (QED) is 0.428. The van der Waals surface area contributed by atoms with Gasteiger partial charge in [-0.3, -0.25) is 0 Å². The van der Waals surface area contributed by atoms with Crippen LogP contribution in [-0.4, -0.2) is 30.3 Å². The van der Waals surface area contributed by atoms with Gasteiger partial charge in [-0.15, -0.1) is 0 Å². The minimum Gasteiger partial charge on any atom is -0.457 e. The highest BCUT2D eigenvalue weighted by molar-refractivity contribution is 7.96. The molecule has 1 N–H and O–H groups in total. The Balaban J connectivity index is 2.04. The zero-order chi connectivity index (χ0) is 23.3. The molecule has 1 atom stereocenters. The van der Waals surface area contributed by atoms with Gasteiger partial charge >= 0.3 is 5.97 Å². The highest BCUT2D eigenvalue weighted by atomic mass is 31.2. The Morgan fingerprint density at radius 3 is 1.55 bits per heavy atom. The number of nitrogens with one attached hydrogen (secondary N) is 1. The molecular weight excluding hydrogens is 425 g/mol. The van der Waals surface area contributed by atoms with Crippen molar-refractivity contribution in [3.05, 3.63) is 91.0 Å². The van der Waals surface area contributed by atoms with Gasteiger partial charge in [0.25, 0.3) is 0 Å². The molecule has 0 radical (unpaired) electrons. The van der Waals surface area contributed by atoms with Crippen molar-refractivity contribution in [1.82, 2.24) is 5.32 Å². The molecule has 172 valence electrons. The lowest BCUT2D eigenvalue weighted by Gasteiger charge is -2.39. The molecule has 3 aromatic carbocycles. The highest BCUT2D eigenvalue weighted by Crippen LogP contribution is 2.63. The number of piperidine rings is 1. The van der Waals surface area contributed by atoms with Crippen LogP contribution in [0.3, 0.4) is 0 Å². The summed E-state index contributed by atoms with van der Waals surface area (Å²) < 4.78 is 6.19. The van der Waals surface area contributed by atoms with Gasteiger partial charge in [-0.2, -0.15) is 0 Å². The summed E-state index contributed by atoms with van der Waals surface area (Å²) in [6.07, 6.45) is 1.94. The highest BCUT2D eigenvalue weighted by Gasteiger charge is 2.59. The maximum absolute atomic E-state index is 14.2. The molecular formula is C29H35NO2P+. The normalized spacial score (nSPS) is 16.2. The van der Waals surface area contributed by atoms with Gasteiger partial charge in [-0.1, -0.05) is 54.6 Å². The fraction of sp³-hybridized carbons (Fsp3) is 0.345. The minimum absolute atomic E-state index is 0.0701. The van der Waals surface area contributed by atoms with Crippen molar-refractivity contribution < 1.29 is 9.53 Å². The molecule has 0 spiro atoms. The zero-order valence-electron chi connectivity index (χ0n) is 19.9. The van der Waals surface area contributed by atoms with Crippen molar-refractivity contribution in [2.45, 2.75) is 44.9 Å². The van der Waals surface area contributed by atoms with E-state index in [0.29, 0.717) is 0 Å². The second-order valence-electron chi connectivity index (χ2n) is 9.80. The van der Waals surface area contributed by atoms with Gasteiger partial charge in [0.05, 0.1) is 0 Å². The van der Waals surface area contributed by atoms with E-state index in [2.05, 4.69) is 96.3 Å². The zero-order valence-corrected chi connectivity index (χ0v) is 20.8. The molecule has 0 aromatic heterocycles. The number of esters is 1. The van der Waals surface area contributed by atoms with E-state index in [1.165, 1.54) is 15.9 Å². The largest absolute Gasteiger partial charge is 0.457 e. The van der Waals surface area contributed by atoms with Crippen molar-refractivity contribution in [2.24, 2.45) is 5.92 Å². The summed E-state index contributed by atoms with van der Waals surface area (Å²) in [7, 11) is -2.38. The Morgan fingerprint density at radius 2 is 1.18 bits per heavy atom. The lowest BCUT2D eigenvalue weighted by molar-refractivity contribution is -0.155. The van der Waals surface area contributed by atoms with Crippen LogP contribution in [0.15, 0.2) is 91.0 Å². The van der Waals surface area contributed by atoms with Crippen molar-refractivity contribution in [3.63, 3.8) is 0 Å². The molecule has 33 heavy (non-hydrogen) atoms. The van der Waals surface area contributed by atoms with Crippen LogP contribution < -0.4 is 21.2 Å². The Kier molecular flexibility index (Phi) is 7.32. The van der Waals surface area contributed by atoms with E-state index in [0.717, 1.165) is 25.9 Å². The Bertz CT molecular complexity index is 929. The lowest BCUT2D eigenvalue weighted by Crippen LogP contribution is -2.50. The summed E-state index contributed by atoms with van der Waals surface area (Å²) >= 11 is 0. The SMILES string of the molecule is CC(C)(C)OC(=O)C(C1CCNCC1)[P+](c1ccccc1)(c1ccccc1)c1ccccc1. The summed E-state index contributed by atoms with van der Waals surface area (Å²) in [6, 6.07) is 32.1. The van der Waals surface area contributed by atoms with E-state index in [4.69, 9.17) is 4.74 Å². The van der Waals surface area contributed by atoms with E-state index in [1.54, 1.807) is 0 Å². The van der Waals surface area contributed by atoms with Crippen molar-refractivity contribution >= 4 is 29.1 Å². The van der Waals surface area contributed by atoms with Gasteiger partial charge in [0.2, 0.25) is 0 Å². The molecule has 0 saturated carbocycles. The smallest absolute Gasteiger partial charge is 0.349 e. The molecule has 1 fully saturated rings. The van der Waals surface area contributed by atoms with Crippen LogP contribution in [0, 0.1) is 5.92 Å². The maximum atomic E-state index is 14.2. The third-order valence-electron chi connectivity index (χ3n) is 6.39. The number of benzene rings is 3. The number of carbonyl (C=O) groups is 1. The summed E-state index contributed by atoms with van der Waals surface area (Å²) in [5.41, 5.74) is -0.784. The van der Waals surface area contributed by atoms with E-state index in [-0.39, 0.29) is 17.5 Å². The topological polar surface area (TPSA) is 38.3 Å². The molecule has 0 bridgehead atoms. The van der Waals surface area contributed by atoms with E-state index < -0.39 is 12.9 Å². The fourth-order valence-electron chi connectivity index (χ4n) is 5.11. The standard InChI is InChI=1S/C29H35NO2P/c1-29(2,3)32-28(31)27(23-19-21-30-22-20-23)33(24-13-7-4-8-14-24,25-15-9-5-10-16-25)26-17-11-6-12-18-26/h4-18,23,27,30H,19-22H2,1-3H3/q+1. The number of carbonyl (C=O) groups excluding carboxylic acids is 1. The van der Waals surface area contributed by atoms with Gasteiger partial charge < -0.3 is 10.1 Å². The first-order chi connectivity index (χ1) is 15.9. The first-order valence-corrected chi connectivity index (χ1v) is 13.8. The molecule has 1 aliphatic heterocycles. The average molecular weight is 461 g/mol. The van der Waals surface area contributed by atoms with Crippen LogP contribution >= 0.6 is 7.26 Å². The van der Waals surface area contributed by atoms with E-state index >= 15 is 0 Å². The molecule has 3 nitrogen and oxygen atoms in total. The van der Waals surface area contributed by atoms with Crippen LogP contribution in [0.25, 0.3) is 0 Å². The van der Waals surface area contributed by atoms with Gasteiger partial charge in [0.1, 0.15) is 28.8 Å². The summed E-state index contributed by atoms with van der Waals surface area (Å²) in [5, 5.41) is 7.19. The second kappa shape index (κ2) is 10.2. The van der Waals surface area contributed by atoms with Gasteiger partial charge in [-0.25, -0.2) is 4.79 Å². The van der Waals surface area contributed by atoms with Crippen LogP contribution in [0.1, 0.15) is 33.6 Å². The number of hydrogen-bond donors (Lipinski definition) is 1. The van der Waals surface area contributed by atoms with Crippen LogP contribution in [0.5, 0.6) is 0 Å². The van der Waals surface area contributed by atoms with Gasteiger partial charge in [0.15, 0.2) is 5.66 Å². The number of rotatable bonds is 6. The Hall–Kier alpha value is -2.48. The first kappa shape index (κ1) is 23.7. The second-order valence-corrected chi connectivity index (χ2v) is 13.3. The molecule has 3 aromatic rings. The predicted octanol–water partition coefficient (Wildman–Crippen LogP) is 4.69. The summed E-state index contributed by atoms with van der Waals surface area (Å²) in [6.45, 7) is 7.78. The molecule has 4 heteroatoms. The Labute approximate surface area is 198 Å². The first-order valence-electron chi connectivity index (χ1n) is 11.9.